The molecule has 1 aromatic carbocycles. The SMILES string of the molecule is CCOc1cc(CNC(C)(C)C)ccc1OC(C)C(=O)O. The van der Waals surface area contributed by atoms with E-state index in [1.165, 1.54) is 6.92 Å². The maximum atomic E-state index is 10.9. The topological polar surface area (TPSA) is 67.8 Å². The number of nitrogens with one attached hydrogen (secondary N) is 1. The van der Waals surface area contributed by atoms with Gasteiger partial charge >= 0.3 is 5.97 Å². The molecule has 21 heavy (non-hydrogen) atoms. The lowest BCUT2D eigenvalue weighted by atomic mass is 10.1. The zero-order chi connectivity index (χ0) is 16.0. The molecule has 5 heteroatoms. The highest BCUT2D eigenvalue weighted by atomic mass is 16.5. The second kappa shape index (κ2) is 7.31. The lowest BCUT2D eigenvalue weighted by Crippen LogP contribution is -2.35. The first-order valence-electron chi connectivity index (χ1n) is 7.13. The van der Waals surface area contributed by atoms with Crippen LogP contribution in [0.15, 0.2) is 18.2 Å². The van der Waals surface area contributed by atoms with Gasteiger partial charge in [-0.2, -0.15) is 0 Å². The Labute approximate surface area is 126 Å². The molecule has 0 radical (unpaired) electrons. The van der Waals surface area contributed by atoms with Crippen molar-refractivity contribution >= 4 is 5.97 Å². The summed E-state index contributed by atoms with van der Waals surface area (Å²) in [4.78, 5) is 10.9. The predicted molar refractivity (Wildman–Crippen MR) is 81.9 cm³/mol. The average molecular weight is 295 g/mol. The number of hydrogen-bond donors (Lipinski definition) is 2. The fourth-order valence-electron chi connectivity index (χ4n) is 1.64. The van der Waals surface area contributed by atoms with Gasteiger partial charge in [0.25, 0.3) is 0 Å². The van der Waals surface area contributed by atoms with E-state index in [1.807, 2.05) is 19.1 Å². The van der Waals surface area contributed by atoms with Crippen LogP contribution in [0, 0.1) is 0 Å². The number of rotatable bonds is 7. The molecule has 0 aliphatic carbocycles. The molecule has 0 aliphatic rings. The summed E-state index contributed by atoms with van der Waals surface area (Å²) in [6, 6.07) is 5.54. The fraction of sp³-hybridized carbons (Fsp3) is 0.562. The van der Waals surface area contributed by atoms with Crippen molar-refractivity contribution in [2.24, 2.45) is 0 Å². The van der Waals surface area contributed by atoms with Crippen LogP contribution in [0.1, 0.15) is 40.2 Å². The van der Waals surface area contributed by atoms with Gasteiger partial charge in [0.05, 0.1) is 6.61 Å². The zero-order valence-corrected chi connectivity index (χ0v) is 13.4. The number of ether oxygens (including phenoxy) is 2. The van der Waals surface area contributed by atoms with E-state index in [0.29, 0.717) is 24.7 Å². The third kappa shape index (κ3) is 6.04. The second-order valence-corrected chi connectivity index (χ2v) is 5.92. The molecule has 118 valence electrons. The smallest absolute Gasteiger partial charge is 0.344 e. The third-order valence-corrected chi connectivity index (χ3v) is 2.78. The van der Waals surface area contributed by atoms with E-state index in [0.717, 1.165) is 5.56 Å². The van der Waals surface area contributed by atoms with Crippen LogP contribution >= 0.6 is 0 Å². The maximum Gasteiger partial charge on any atom is 0.344 e. The van der Waals surface area contributed by atoms with Crippen molar-refractivity contribution in [2.75, 3.05) is 6.61 Å². The van der Waals surface area contributed by atoms with E-state index in [-0.39, 0.29) is 5.54 Å². The molecule has 0 fully saturated rings. The molecule has 0 aliphatic heterocycles. The molecule has 0 aromatic heterocycles. The van der Waals surface area contributed by atoms with Crippen LogP contribution in [0.2, 0.25) is 0 Å². The van der Waals surface area contributed by atoms with E-state index in [4.69, 9.17) is 14.6 Å². The lowest BCUT2D eigenvalue weighted by Gasteiger charge is -2.21. The molecule has 0 spiro atoms. The Morgan fingerprint density at radius 1 is 1.33 bits per heavy atom. The summed E-state index contributed by atoms with van der Waals surface area (Å²) in [5.41, 5.74) is 1.09. The van der Waals surface area contributed by atoms with E-state index in [1.54, 1.807) is 6.07 Å². The number of aliphatic carboxylic acids is 1. The molecule has 5 nitrogen and oxygen atoms in total. The maximum absolute atomic E-state index is 10.9. The van der Waals surface area contributed by atoms with Gasteiger partial charge in [0, 0.05) is 12.1 Å². The molecule has 2 N–H and O–H groups in total. The first kappa shape index (κ1) is 17.3. The predicted octanol–water partition coefficient (Wildman–Crippen LogP) is 2.83. The van der Waals surface area contributed by atoms with Gasteiger partial charge in [-0.3, -0.25) is 0 Å². The molecular weight excluding hydrogens is 270 g/mol. The van der Waals surface area contributed by atoms with Crippen LogP contribution in [0.5, 0.6) is 11.5 Å². The minimum Gasteiger partial charge on any atom is -0.490 e. The highest BCUT2D eigenvalue weighted by molar-refractivity contribution is 5.72. The zero-order valence-electron chi connectivity index (χ0n) is 13.4. The number of hydrogen-bond acceptors (Lipinski definition) is 4. The van der Waals surface area contributed by atoms with Gasteiger partial charge in [0.2, 0.25) is 0 Å². The Hall–Kier alpha value is -1.75. The Morgan fingerprint density at radius 3 is 2.52 bits per heavy atom. The summed E-state index contributed by atoms with van der Waals surface area (Å²) in [7, 11) is 0. The Balaban J connectivity index is 2.88. The molecule has 0 bridgehead atoms. The molecule has 0 amide bonds. The highest BCUT2D eigenvalue weighted by Gasteiger charge is 2.16. The van der Waals surface area contributed by atoms with Crippen molar-refractivity contribution in [1.82, 2.24) is 5.32 Å². The van der Waals surface area contributed by atoms with E-state index in [2.05, 4.69) is 26.1 Å². The third-order valence-electron chi connectivity index (χ3n) is 2.78. The van der Waals surface area contributed by atoms with Crippen LogP contribution in [0.25, 0.3) is 0 Å². The summed E-state index contributed by atoms with van der Waals surface area (Å²) in [5, 5.41) is 12.3. The summed E-state index contributed by atoms with van der Waals surface area (Å²) in [6.45, 7) is 10.9. The molecule has 1 atom stereocenters. The Morgan fingerprint density at radius 2 is 2.00 bits per heavy atom. The minimum atomic E-state index is -1.00. The first-order valence-corrected chi connectivity index (χ1v) is 7.13. The number of carboxylic acids is 1. The quantitative estimate of drug-likeness (QED) is 0.809. The Bertz CT molecular complexity index is 480. The van der Waals surface area contributed by atoms with Gasteiger partial charge < -0.3 is 19.9 Å². The number of carboxylic acid groups (broad SMARTS) is 1. The van der Waals surface area contributed by atoms with Gasteiger partial charge in [-0.25, -0.2) is 4.79 Å². The summed E-state index contributed by atoms with van der Waals surface area (Å²) < 4.78 is 11.0. The van der Waals surface area contributed by atoms with Gasteiger partial charge in [0.15, 0.2) is 17.6 Å². The largest absolute Gasteiger partial charge is 0.490 e. The van der Waals surface area contributed by atoms with Crippen molar-refractivity contribution < 1.29 is 19.4 Å². The number of benzene rings is 1. The molecule has 1 aromatic rings. The van der Waals surface area contributed by atoms with Crippen molar-refractivity contribution in [3.05, 3.63) is 23.8 Å². The normalized spacial score (nSPS) is 12.8. The first-order chi connectivity index (χ1) is 9.73. The fourth-order valence-corrected chi connectivity index (χ4v) is 1.64. The van der Waals surface area contributed by atoms with Gasteiger partial charge in [-0.15, -0.1) is 0 Å². The summed E-state index contributed by atoms with van der Waals surface area (Å²) in [5.74, 6) is 0.0148. The van der Waals surface area contributed by atoms with E-state index in [9.17, 15) is 4.79 Å². The molecule has 0 saturated carbocycles. The van der Waals surface area contributed by atoms with Gasteiger partial charge in [-0.1, -0.05) is 6.07 Å². The van der Waals surface area contributed by atoms with E-state index < -0.39 is 12.1 Å². The summed E-state index contributed by atoms with van der Waals surface area (Å²) in [6.07, 6.45) is -0.914. The minimum absolute atomic E-state index is 0.0266. The van der Waals surface area contributed by atoms with Crippen LogP contribution in [-0.4, -0.2) is 29.3 Å². The molecular formula is C16H25NO4. The second-order valence-electron chi connectivity index (χ2n) is 5.92. The molecule has 0 heterocycles. The number of carbonyl (C=O) groups is 1. The van der Waals surface area contributed by atoms with Crippen LogP contribution < -0.4 is 14.8 Å². The van der Waals surface area contributed by atoms with Crippen molar-refractivity contribution in [2.45, 2.75) is 52.8 Å². The van der Waals surface area contributed by atoms with Crippen LogP contribution in [0.3, 0.4) is 0 Å². The Kier molecular flexibility index (Phi) is 6.03. The lowest BCUT2D eigenvalue weighted by molar-refractivity contribution is -0.144. The summed E-state index contributed by atoms with van der Waals surface area (Å²) >= 11 is 0. The van der Waals surface area contributed by atoms with Crippen LogP contribution in [-0.2, 0) is 11.3 Å². The van der Waals surface area contributed by atoms with E-state index >= 15 is 0 Å². The molecule has 0 saturated heterocycles. The monoisotopic (exact) mass is 295 g/mol. The average Bonchev–Trinajstić information content (AvgIpc) is 2.38. The molecule has 1 rings (SSSR count). The van der Waals surface area contributed by atoms with Gasteiger partial charge in [-0.05, 0) is 52.3 Å². The van der Waals surface area contributed by atoms with Crippen molar-refractivity contribution in [1.29, 1.82) is 0 Å². The van der Waals surface area contributed by atoms with Crippen molar-refractivity contribution in [3.8, 4) is 11.5 Å². The van der Waals surface area contributed by atoms with Crippen molar-refractivity contribution in [3.63, 3.8) is 0 Å². The standard InChI is InChI=1S/C16H25NO4/c1-6-20-14-9-12(10-17-16(3,4)5)7-8-13(14)21-11(2)15(18)19/h7-9,11,17H,6,10H2,1-5H3,(H,18,19). The van der Waals surface area contributed by atoms with Crippen LogP contribution in [0.4, 0.5) is 0 Å². The highest BCUT2D eigenvalue weighted by Crippen LogP contribution is 2.29. The molecule has 1 unspecified atom stereocenters. The van der Waals surface area contributed by atoms with Gasteiger partial charge in [0.1, 0.15) is 0 Å².